The summed E-state index contributed by atoms with van der Waals surface area (Å²) in [5, 5.41) is 9.33. The summed E-state index contributed by atoms with van der Waals surface area (Å²) in [6.07, 6.45) is 4.55. The molecule has 3 rings (SSSR count). The van der Waals surface area contributed by atoms with Crippen molar-refractivity contribution in [3.63, 3.8) is 0 Å². The number of nitrogens with zero attached hydrogens (tertiary/aromatic N) is 4. The van der Waals surface area contributed by atoms with Gasteiger partial charge in [-0.3, -0.25) is 9.59 Å². The molecular weight excluding hydrogens is 362 g/mol. The average molecular weight is 388 g/mol. The first kappa shape index (κ1) is 19.4. The van der Waals surface area contributed by atoms with Crippen LogP contribution in [-0.2, 0) is 29.1 Å². The molecule has 0 unspecified atom stereocenters. The lowest BCUT2D eigenvalue weighted by molar-refractivity contribution is -0.129. The number of amides is 2. The second-order valence-corrected chi connectivity index (χ2v) is 7.61. The van der Waals surface area contributed by atoms with Crippen LogP contribution in [-0.4, -0.2) is 43.8 Å². The van der Waals surface area contributed by atoms with E-state index in [4.69, 9.17) is 5.73 Å². The zero-order chi connectivity index (χ0) is 19.1. The van der Waals surface area contributed by atoms with E-state index >= 15 is 0 Å². The maximum absolute atomic E-state index is 12.8. The molecule has 0 radical (unpaired) electrons. The number of fused-ring (bicyclic) bond motifs is 1. The molecule has 2 amide bonds. The molecule has 7 nitrogen and oxygen atoms in total. The van der Waals surface area contributed by atoms with Crippen LogP contribution in [0.4, 0.5) is 0 Å². The summed E-state index contributed by atoms with van der Waals surface area (Å²) in [5.41, 5.74) is 6.30. The Labute approximate surface area is 163 Å². The molecule has 2 N–H and O–H groups in total. The minimum absolute atomic E-state index is 0.0314. The Bertz CT molecular complexity index is 778. The minimum atomic E-state index is -0.406. The normalized spacial score (nSPS) is 13.6. The van der Waals surface area contributed by atoms with Crippen molar-refractivity contribution in [2.45, 2.75) is 50.4 Å². The second kappa shape index (κ2) is 9.55. The topological polar surface area (TPSA) is 94.1 Å². The van der Waals surface area contributed by atoms with E-state index in [1.54, 1.807) is 4.90 Å². The summed E-state index contributed by atoms with van der Waals surface area (Å²) in [4.78, 5) is 25.6. The van der Waals surface area contributed by atoms with Crippen LogP contribution < -0.4 is 5.73 Å². The van der Waals surface area contributed by atoms with Crippen molar-refractivity contribution in [2.75, 3.05) is 12.3 Å². The van der Waals surface area contributed by atoms with Crippen molar-refractivity contribution in [1.29, 1.82) is 0 Å². The van der Waals surface area contributed by atoms with Crippen LogP contribution in [0.5, 0.6) is 0 Å². The van der Waals surface area contributed by atoms with E-state index in [2.05, 4.69) is 14.8 Å². The summed E-state index contributed by atoms with van der Waals surface area (Å²) in [6.45, 7) is 1.70. The summed E-state index contributed by atoms with van der Waals surface area (Å²) in [5.74, 6) is 0.841. The Morgan fingerprint density at radius 3 is 2.74 bits per heavy atom. The summed E-state index contributed by atoms with van der Waals surface area (Å²) in [6, 6.07) is 9.75. The number of thioether (sulfide) groups is 1. The van der Waals surface area contributed by atoms with Crippen molar-refractivity contribution in [3.05, 3.63) is 41.7 Å². The molecule has 0 aliphatic carbocycles. The van der Waals surface area contributed by atoms with Gasteiger partial charge >= 0.3 is 0 Å². The SMILES string of the molecule is NC(=O)CCN(Cc1ccccc1)C(=O)CSc1nnc2n1CCCCC2. The maximum atomic E-state index is 12.8. The van der Waals surface area contributed by atoms with E-state index in [0.717, 1.165) is 42.4 Å². The Morgan fingerprint density at radius 2 is 1.96 bits per heavy atom. The monoisotopic (exact) mass is 387 g/mol. The Kier molecular flexibility index (Phi) is 6.86. The van der Waals surface area contributed by atoms with Gasteiger partial charge in [0.15, 0.2) is 5.16 Å². The van der Waals surface area contributed by atoms with Crippen LogP contribution in [0, 0.1) is 0 Å². The Morgan fingerprint density at radius 1 is 1.15 bits per heavy atom. The van der Waals surface area contributed by atoms with Crippen molar-refractivity contribution in [2.24, 2.45) is 5.73 Å². The van der Waals surface area contributed by atoms with Crippen molar-refractivity contribution in [3.8, 4) is 0 Å². The summed E-state index contributed by atoms with van der Waals surface area (Å²) < 4.78 is 2.13. The predicted octanol–water partition coefficient (Wildman–Crippen LogP) is 2.00. The molecule has 2 heterocycles. The van der Waals surface area contributed by atoms with Gasteiger partial charge in [0.05, 0.1) is 5.75 Å². The predicted molar refractivity (Wildman–Crippen MR) is 104 cm³/mol. The zero-order valence-corrected chi connectivity index (χ0v) is 16.2. The molecule has 0 atom stereocenters. The van der Waals surface area contributed by atoms with Crippen molar-refractivity contribution in [1.82, 2.24) is 19.7 Å². The van der Waals surface area contributed by atoms with Crippen LogP contribution in [0.25, 0.3) is 0 Å². The smallest absolute Gasteiger partial charge is 0.233 e. The fraction of sp³-hybridized carbons (Fsp3) is 0.474. The number of primary amides is 1. The van der Waals surface area contributed by atoms with Gasteiger partial charge in [-0.15, -0.1) is 10.2 Å². The molecule has 1 aromatic heterocycles. The summed E-state index contributed by atoms with van der Waals surface area (Å²) >= 11 is 1.41. The Balaban J connectivity index is 1.63. The second-order valence-electron chi connectivity index (χ2n) is 6.67. The number of aromatic nitrogens is 3. The standard InChI is InChI=1S/C19H25N5O2S/c20-16(25)10-12-23(13-15-7-3-1-4-8-15)18(26)14-27-19-22-21-17-9-5-2-6-11-24(17)19/h1,3-4,7-8H,2,5-6,9-14H2,(H2,20,25). The lowest BCUT2D eigenvalue weighted by Gasteiger charge is -2.22. The molecule has 0 saturated carbocycles. The first-order chi connectivity index (χ1) is 13.1. The van der Waals surface area contributed by atoms with Gasteiger partial charge in [0, 0.05) is 32.5 Å². The number of carbonyl (C=O) groups is 2. The third kappa shape index (κ3) is 5.56. The van der Waals surface area contributed by atoms with Crippen LogP contribution >= 0.6 is 11.8 Å². The third-order valence-electron chi connectivity index (χ3n) is 4.60. The van der Waals surface area contributed by atoms with E-state index in [9.17, 15) is 9.59 Å². The molecule has 1 aromatic carbocycles. The average Bonchev–Trinajstić information content (AvgIpc) is 2.90. The molecule has 8 heteroatoms. The molecule has 2 aromatic rings. The third-order valence-corrected chi connectivity index (χ3v) is 5.55. The highest BCUT2D eigenvalue weighted by molar-refractivity contribution is 7.99. The maximum Gasteiger partial charge on any atom is 0.233 e. The van der Waals surface area contributed by atoms with E-state index in [-0.39, 0.29) is 18.1 Å². The highest BCUT2D eigenvalue weighted by Crippen LogP contribution is 2.22. The van der Waals surface area contributed by atoms with Crippen molar-refractivity contribution < 1.29 is 9.59 Å². The van der Waals surface area contributed by atoms with Gasteiger partial charge in [0.2, 0.25) is 11.8 Å². The summed E-state index contributed by atoms with van der Waals surface area (Å²) in [7, 11) is 0. The van der Waals surface area contributed by atoms with Crippen LogP contribution in [0.2, 0.25) is 0 Å². The van der Waals surface area contributed by atoms with Gasteiger partial charge in [-0.1, -0.05) is 48.5 Å². The molecule has 144 valence electrons. The largest absolute Gasteiger partial charge is 0.370 e. The fourth-order valence-corrected chi connectivity index (χ4v) is 4.01. The van der Waals surface area contributed by atoms with Gasteiger partial charge < -0.3 is 15.2 Å². The van der Waals surface area contributed by atoms with Crippen molar-refractivity contribution >= 4 is 23.6 Å². The van der Waals surface area contributed by atoms with Gasteiger partial charge in [-0.05, 0) is 18.4 Å². The van der Waals surface area contributed by atoms with E-state index < -0.39 is 5.91 Å². The molecule has 1 aliphatic heterocycles. The fourth-order valence-electron chi connectivity index (χ4n) is 3.12. The molecule has 1 aliphatic rings. The number of rotatable bonds is 8. The number of aryl methyl sites for hydroxylation is 1. The van der Waals surface area contributed by atoms with E-state index in [1.807, 2.05) is 30.3 Å². The number of hydrogen-bond donors (Lipinski definition) is 1. The number of hydrogen-bond acceptors (Lipinski definition) is 5. The number of carbonyl (C=O) groups excluding carboxylic acids is 2. The molecule has 0 bridgehead atoms. The van der Waals surface area contributed by atoms with Gasteiger partial charge in [0.1, 0.15) is 5.82 Å². The Hall–Kier alpha value is -2.35. The van der Waals surface area contributed by atoms with Crippen LogP contribution in [0.15, 0.2) is 35.5 Å². The molecule has 0 fully saturated rings. The molecule has 0 spiro atoms. The quantitative estimate of drug-likeness (QED) is 0.699. The first-order valence-corrected chi connectivity index (χ1v) is 10.3. The van der Waals surface area contributed by atoms with Crippen LogP contribution in [0.1, 0.15) is 37.1 Å². The van der Waals surface area contributed by atoms with Gasteiger partial charge in [-0.2, -0.15) is 0 Å². The first-order valence-electron chi connectivity index (χ1n) is 9.28. The van der Waals surface area contributed by atoms with Gasteiger partial charge in [-0.25, -0.2) is 0 Å². The van der Waals surface area contributed by atoms with Gasteiger partial charge in [0.25, 0.3) is 0 Å². The lowest BCUT2D eigenvalue weighted by atomic mass is 10.2. The highest BCUT2D eigenvalue weighted by atomic mass is 32.2. The lowest BCUT2D eigenvalue weighted by Crippen LogP contribution is -2.34. The minimum Gasteiger partial charge on any atom is -0.370 e. The molecular formula is C19H25N5O2S. The molecule has 27 heavy (non-hydrogen) atoms. The molecule has 0 saturated heterocycles. The van der Waals surface area contributed by atoms with Crippen LogP contribution in [0.3, 0.4) is 0 Å². The number of nitrogens with two attached hydrogens (primary N) is 1. The zero-order valence-electron chi connectivity index (χ0n) is 15.3. The van der Waals surface area contributed by atoms with E-state index in [1.165, 1.54) is 18.2 Å². The van der Waals surface area contributed by atoms with E-state index in [0.29, 0.717) is 13.1 Å². The highest BCUT2D eigenvalue weighted by Gasteiger charge is 2.19. The number of benzene rings is 1.